The monoisotopic (exact) mass is 336 g/mol. The van der Waals surface area contributed by atoms with Crippen molar-refractivity contribution in [2.75, 3.05) is 13.2 Å². The van der Waals surface area contributed by atoms with Gasteiger partial charge in [-0.05, 0) is 38.0 Å². The standard InChI is InChI=1S/C17H21FN2O4/c1-3-23-16(21)19-20(17(22)24-4-2)15-10-6-9-14(15)12-7-5-8-13(18)11-12/h5-9,11,14-15H,3-4,10H2,1-2H3,(H,19,21)/t14-,15+/m1/s1. The zero-order valence-electron chi connectivity index (χ0n) is 13.7. The maximum Gasteiger partial charge on any atom is 0.429 e. The molecule has 24 heavy (non-hydrogen) atoms. The van der Waals surface area contributed by atoms with Crippen LogP contribution in [0.1, 0.15) is 31.7 Å². The highest BCUT2D eigenvalue weighted by molar-refractivity contribution is 5.74. The zero-order chi connectivity index (χ0) is 17.5. The number of hydrogen-bond donors (Lipinski definition) is 1. The zero-order valence-corrected chi connectivity index (χ0v) is 13.7. The maximum atomic E-state index is 13.5. The van der Waals surface area contributed by atoms with E-state index in [2.05, 4.69) is 5.43 Å². The second-order valence-corrected chi connectivity index (χ2v) is 5.21. The van der Waals surface area contributed by atoms with Crippen molar-refractivity contribution >= 4 is 12.2 Å². The number of nitrogens with zero attached hydrogens (tertiary/aromatic N) is 1. The van der Waals surface area contributed by atoms with Gasteiger partial charge in [0.25, 0.3) is 0 Å². The van der Waals surface area contributed by atoms with Crippen molar-refractivity contribution in [1.82, 2.24) is 10.4 Å². The lowest BCUT2D eigenvalue weighted by atomic mass is 9.94. The first kappa shape index (κ1) is 17.8. The number of carbonyl (C=O) groups is 2. The number of benzene rings is 1. The van der Waals surface area contributed by atoms with Crippen LogP contribution in [0.25, 0.3) is 0 Å². The Balaban J connectivity index is 2.23. The molecule has 2 rings (SSSR count). The summed E-state index contributed by atoms with van der Waals surface area (Å²) in [4.78, 5) is 24.0. The Morgan fingerprint density at radius 3 is 2.71 bits per heavy atom. The molecule has 0 saturated carbocycles. The van der Waals surface area contributed by atoms with Crippen LogP contribution in [0, 0.1) is 5.82 Å². The molecule has 0 fully saturated rings. The van der Waals surface area contributed by atoms with Crippen molar-refractivity contribution in [3.05, 3.63) is 47.8 Å². The van der Waals surface area contributed by atoms with E-state index in [1.54, 1.807) is 26.0 Å². The van der Waals surface area contributed by atoms with Crippen LogP contribution in [-0.4, -0.2) is 36.5 Å². The summed E-state index contributed by atoms with van der Waals surface area (Å²) in [5.74, 6) is -0.611. The molecular weight excluding hydrogens is 315 g/mol. The molecule has 0 heterocycles. The van der Waals surface area contributed by atoms with Gasteiger partial charge < -0.3 is 9.47 Å². The fourth-order valence-electron chi connectivity index (χ4n) is 2.67. The third kappa shape index (κ3) is 4.24. The van der Waals surface area contributed by atoms with Crippen molar-refractivity contribution in [2.24, 2.45) is 0 Å². The average molecular weight is 336 g/mol. The fourth-order valence-corrected chi connectivity index (χ4v) is 2.67. The summed E-state index contributed by atoms with van der Waals surface area (Å²) < 4.78 is 23.4. The van der Waals surface area contributed by atoms with E-state index in [1.165, 1.54) is 12.1 Å². The lowest BCUT2D eigenvalue weighted by Crippen LogP contribution is -2.53. The van der Waals surface area contributed by atoms with E-state index in [4.69, 9.17) is 9.47 Å². The van der Waals surface area contributed by atoms with Crippen molar-refractivity contribution < 1.29 is 23.5 Å². The second-order valence-electron chi connectivity index (χ2n) is 5.21. The summed E-state index contributed by atoms with van der Waals surface area (Å²) in [5.41, 5.74) is 3.14. The average Bonchev–Trinajstić information content (AvgIpc) is 3.02. The molecule has 2 atom stereocenters. The molecule has 1 aliphatic carbocycles. The van der Waals surface area contributed by atoms with E-state index in [1.807, 2.05) is 12.2 Å². The van der Waals surface area contributed by atoms with Gasteiger partial charge in [-0.15, -0.1) is 0 Å². The number of rotatable bonds is 4. The van der Waals surface area contributed by atoms with Crippen LogP contribution in [0.2, 0.25) is 0 Å². The predicted octanol–water partition coefficient (Wildman–Crippen LogP) is 3.36. The second kappa shape index (κ2) is 8.33. The highest BCUT2D eigenvalue weighted by Crippen LogP contribution is 2.32. The maximum absolute atomic E-state index is 13.5. The summed E-state index contributed by atoms with van der Waals surface area (Å²) in [6, 6.07) is 5.75. The van der Waals surface area contributed by atoms with Gasteiger partial charge in [-0.3, -0.25) is 0 Å². The summed E-state index contributed by atoms with van der Waals surface area (Å²) in [5, 5.41) is 1.12. The van der Waals surface area contributed by atoms with Crippen LogP contribution in [0.15, 0.2) is 36.4 Å². The number of hydrazine groups is 1. The van der Waals surface area contributed by atoms with Crippen molar-refractivity contribution in [3.63, 3.8) is 0 Å². The van der Waals surface area contributed by atoms with Crippen LogP contribution < -0.4 is 5.43 Å². The number of amides is 2. The van der Waals surface area contributed by atoms with Crippen LogP contribution in [0.4, 0.5) is 14.0 Å². The Bertz CT molecular complexity index is 620. The number of hydrogen-bond acceptors (Lipinski definition) is 4. The summed E-state index contributed by atoms with van der Waals surface area (Å²) in [6.45, 7) is 3.70. The van der Waals surface area contributed by atoms with Crippen molar-refractivity contribution in [3.8, 4) is 0 Å². The SMILES string of the molecule is CCOC(=O)NN(C(=O)OCC)[C@H]1CC=C[C@@H]1c1cccc(F)c1. The Morgan fingerprint density at radius 1 is 1.29 bits per heavy atom. The molecule has 0 saturated heterocycles. The van der Waals surface area contributed by atoms with Gasteiger partial charge >= 0.3 is 12.2 Å². The van der Waals surface area contributed by atoms with Crippen LogP contribution in [0.5, 0.6) is 0 Å². The minimum atomic E-state index is -0.740. The molecular formula is C17H21FN2O4. The van der Waals surface area contributed by atoms with Gasteiger partial charge in [-0.1, -0.05) is 24.3 Å². The van der Waals surface area contributed by atoms with E-state index < -0.39 is 18.2 Å². The molecule has 0 bridgehead atoms. The largest absolute Gasteiger partial charge is 0.449 e. The van der Waals surface area contributed by atoms with E-state index in [9.17, 15) is 14.0 Å². The topological polar surface area (TPSA) is 67.9 Å². The molecule has 0 spiro atoms. The first-order valence-electron chi connectivity index (χ1n) is 7.88. The third-order valence-corrected chi connectivity index (χ3v) is 3.65. The van der Waals surface area contributed by atoms with E-state index in [-0.39, 0.29) is 24.9 Å². The van der Waals surface area contributed by atoms with Gasteiger partial charge in [0.1, 0.15) is 5.82 Å². The van der Waals surface area contributed by atoms with Gasteiger partial charge in [0.05, 0.1) is 19.3 Å². The molecule has 1 aliphatic rings. The molecule has 0 radical (unpaired) electrons. The molecule has 1 aromatic carbocycles. The van der Waals surface area contributed by atoms with Crippen molar-refractivity contribution in [1.29, 1.82) is 0 Å². The lowest BCUT2D eigenvalue weighted by Gasteiger charge is -2.31. The van der Waals surface area contributed by atoms with E-state index in [0.717, 1.165) is 5.01 Å². The molecule has 130 valence electrons. The Morgan fingerprint density at radius 2 is 2.04 bits per heavy atom. The van der Waals surface area contributed by atoms with E-state index >= 15 is 0 Å². The number of ether oxygens (including phenoxy) is 2. The summed E-state index contributed by atoms with van der Waals surface area (Å²) in [6.07, 6.45) is 2.86. The van der Waals surface area contributed by atoms with Crippen LogP contribution in [-0.2, 0) is 9.47 Å². The molecule has 7 heteroatoms. The molecule has 1 N–H and O–H groups in total. The Hall–Kier alpha value is -2.57. The summed E-state index contributed by atoms with van der Waals surface area (Å²) in [7, 11) is 0. The first-order chi connectivity index (χ1) is 11.6. The number of halogens is 1. The van der Waals surface area contributed by atoms with E-state index in [0.29, 0.717) is 12.0 Å². The first-order valence-corrected chi connectivity index (χ1v) is 7.88. The van der Waals surface area contributed by atoms with Gasteiger partial charge in [0.2, 0.25) is 0 Å². The Kier molecular flexibility index (Phi) is 6.17. The van der Waals surface area contributed by atoms with Crippen LogP contribution >= 0.6 is 0 Å². The quantitative estimate of drug-likeness (QED) is 0.676. The van der Waals surface area contributed by atoms with Crippen LogP contribution in [0.3, 0.4) is 0 Å². The number of nitrogens with one attached hydrogen (secondary N) is 1. The fraction of sp³-hybridized carbons (Fsp3) is 0.412. The smallest absolute Gasteiger partial charge is 0.429 e. The van der Waals surface area contributed by atoms with Gasteiger partial charge in [-0.25, -0.2) is 24.4 Å². The van der Waals surface area contributed by atoms with Crippen molar-refractivity contribution in [2.45, 2.75) is 32.2 Å². The third-order valence-electron chi connectivity index (χ3n) is 3.65. The molecule has 0 aromatic heterocycles. The molecule has 2 amide bonds. The molecule has 0 aliphatic heterocycles. The highest BCUT2D eigenvalue weighted by atomic mass is 19.1. The molecule has 0 unspecified atom stereocenters. The minimum absolute atomic E-state index is 0.171. The van der Waals surface area contributed by atoms with Gasteiger partial charge in [0.15, 0.2) is 0 Å². The Labute approximate surface area is 140 Å². The van der Waals surface area contributed by atoms with Gasteiger partial charge in [-0.2, -0.15) is 0 Å². The molecule has 6 nitrogen and oxygen atoms in total. The lowest BCUT2D eigenvalue weighted by molar-refractivity contribution is 0.0541. The van der Waals surface area contributed by atoms with Gasteiger partial charge in [0, 0.05) is 5.92 Å². The highest BCUT2D eigenvalue weighted by Gasteiger charge is 2.35. The molecule has 1 aromatic rings. The predicted molar refractivity (Wildman–Crippen MR) is 85.7 cm³/mol. The normalized spacial score (nSPS) is 19.0. The summed E-state index contributed by atoms with van der Waals surface area (Å²) >= 11 is 0. The number of carbonyl (C=O) groups excluding carboxylic acids is 2. The minimum Gasteiger partial charge on any atom is -0.449 e.